The van der Waals surface area contributed by atoms with E-state index in [0.717, 1.165) is 62.6 Å². The molecule has 188 valence electrons. The first kappa shape index (κ1) is 24.8. The van der Waals surface area contributed by atoms with Crippen molar-refractivity contribution < 1.29 is 4.79 Å². The maximum absolute atomic E-state index is 13.8. The minimum atomic E-state index is -0.217. The highest BCUT2D eigenvalue weighted by Crippen LogP contribution is 2.42. The number of nitrogens with zero attached hydrogens (tertiary/aromatic N) is 2. The Kier molecular flexibility index (Phi) is 7.78. The monoisotopic (exact) mass is 494 g/mol. The Morgan fingerprint density at radius 2 is 1.89 bits per heavy atom. The van der Waals surface area contributed by atoms with E-state index in [-0.39, 0.29) is 17.5 Å². The summed E-state index contributed by atoms with van der Waals surface area (Å²) in [4.78, 5) is 18.5. The molecule has 6 heteroatoms. The molecule has 0 unspecified atom stereocenters. The van der Waals surface area contributed by atoms with Crippen LogP contribution in [0.1, 0.15) is 48.8 Å². The number of halogens is 1. The van der Waals surface area contributed by atoms with Gasteiger partial charge >= 0.3 is 0 Å². The number of piperidine rings is 2. The van der Waals surface area contributed by atoms with Crippen molar-refractivity contribution in [2.45, 2.75) is 62.6 Å². The lowest BCUT2D eigenvalue weighted by molar-refractivity contribution is -0.136. The summed E-state index contributed by atoms with van der Waals surface area (Å²) in [6.07, 6.45) is 7.46. The summed E-state index contributed by atoms with van der Waals surface area (Å²) in [5.41, 5.74) is 4.15. The summed E-state index contributed by atoms with van der Waals surface area (Å²) in [5, 5.41) is 7.99. The minimum Gasteiger partial charge on any atom is -0.341 e. The molecule has 2 aromatic rings. The summed E-state index contributed by atoms with van der Waals surface area (Å²) in [6.45, 7) is 4.60. The van der Waals surface area contributed by atoms with E-state index in [2.05, 4.69) is 51.7 Å². The van der Waals surface area contributed by atoms with Crippen LogP contribution < -0.4 is 10.6 Å². The maximum Gasteiger partial charge on any atom is 0.240 e. The fourth-order valence-corrected chi connectivity index (χ4v) is 6.48. The highest BCUT2D eigenvalue weighted by molar-refractivity contribution is 6.30. The van der Waals surface area contributed by atoms with Crippen LogP contribution in [0.3, 0.4) is 0 Å². The van der Waals surface area contributed by atoms with Crippen LogP contribution in [0.5, 0.6) is 0 Å². The molecule has 0 aliphatic carbocycles. The molecule has 5 nitrogen and oxygen atoms in total. The predicted molar refractivity (Wildman–Crippen MR) is 143 cm³/mol. The molecule has 5 rings (SSSR count). The third kappa shape index (κ3) is 5.43. The van der Waals surface area contributed by atoms with Gasteiger partial charge in [0.25, 0.3) is 0 Å². The number of likely N-dealkylation sites (N-methyl/N-ethyl adjacent to an activating group) is 1. The van der Waals surface area contributed by atoms with Crippen molar-refractivity contribution >= 4 is 17.5 Å². The number of hydrogen-bond acceptors (Lipinski definition) is 4. The van der Waals surface area contributed by atoms with Gasteiger partial charge in [-0.1, -0.05) is 54.4 Å². The molecule has 3 heterocycles. The zero-order chi connectivity index (χ0) is 24.3. The molecule has 1 amide bonds. The molecule has 2 aromatic carbocycles. The summed E-state index contributed by atoms with van der Waals surface area (Å²) in [5.74, 6) is 0.234. The number of likely N-dealkylation sites (tertiary alicyclic amines) is 1. The molecule has 0 saturated carbocycles. The third-order valence-electron chi connectivity index (χ3n) is 8.54. The minimum absolute atomic E-state index is 0.0523. The molecule has 2 N–H and O–H groups in total. The van der Waals surface area contributed by atoms with E-state index >= 15 is 0 Å². The number of nitrogens with one attached hydrogen (secondary N) is 2. The summed E-state index contributed by atoms with van der Waals surface area (Å²) in [7, 11) is 2.26. The van der Waals surface area contributed by atoms with E-state index < -0.39 is 0 Å². The van der Waals surface area contributed by atoms with Crippen molar-refractivity contribution in [1.29, 1.82) is 0 Å². The fraction of sp³-hybridized carbons (Fsp3) is 0.552. The summed E-state index contributed by atoms with van der Waals surface area (Å²) >= 11 is 6.11. The lowest BCUT2D eigenvalue weighted by Gasteiger charge is -2.51. The van der Waals surface area contributed by atoms with Gasteiger partial charge in [-0.15, -0.1) is 0 Å². The normalized spacial score (nSPS) is 23.1. The first-order valence-electron chi connectivity index (χ1n) is 13.3. The molecule has 0 radical (unpaired) electrons. The molecule has 2 fully saturated rings. The Morgan fingerprint density at radius 3 is 2.63 bits per heavy atom. The zero-order valence-electron chi connectivity index (χ0n) is 20.9. The van der Waals surface area contributed by atoms with Crippen molar-refractivity contribution in [1.82, 2.24) is 20.4 Å². The summed E-state index contributed by atoms with van der Waals surface area (Å²) in [6, 6.07) is 17.1. The van der Waals surface area contributed by atoms with Gasteiger partial charge in [0, 0.05) is 42.8 Å². The van der Waals surface area contributed by atoms with Gasteiger partial charge in [-0.25, -0.2) is 0 Å². The second-order valence-electron chi connectivity index (χ2n) is 10.6. The van der Waals surface area contributed by atoms with Gasteiger partial charge in [-0.05, 0) is 80.9 Å². The van der Waals surface area contributed by atoms with E-state index in [0.29, 0.717) is 12.5 Å². The van der Waals surface area contributed by atoms with Crippen LogP contribution in [0.4, 0.5) is 0 Å². The largest absolute Gasteiger partial charge is 0.341 e. The molecular formula is C29H39ClN4O. The van der Waals surface area contributed by atoms with Crippen molar-refractivity contribution in [2.75, 3.05) is 39.8 Å². The Balaban J connectivity index is 1.28. The number of carbonyl (C=O) groups is 1. The van der Waals surface area contributed by atoms with Gasteiger partial charge in [0.1, 0.15) is 0 Å². The van der Waals surface area contributed by atoms with Crippen molar-refractivity contribution in [2.24, 2.45) is 0 Å². The Labute approximate surface area is 215 Å². The first-order chi connectivity index (χ1) is 17.0. The van der Waals surface area contributed by atoms with Gasteiger partial charge < -0.3 is 15.5 Å². The van der Waals surface area contributed by atoms with Crippen LogP contribution in [0, 0.1) is 0 Å². The second kappa shape index (κ2) is 11.0. The highest BCUT2D eigenvalue weighted by atomic mass is 35.5. The first-order valence-corrected chi connectivity index (χ1v) is 13.7. The maximum atomic E-state index is 13.8. The highest BCUT2D eigenvalue weighted by Gasteiger charge is 2.44. The Bertz CT molecular complexity index is 996. The van der Waals surface area contributed by atoms with Crippen LogP contribution in [0.25, 0.3) is 0 Å². The lowest BCUT2D eigenvalue weighted by atomic mass is 9.74. The lowest BCUT2D eigenvalue weighted by Crippen LogP contribution is -2.58. The van der Waals surface area contributed by atoms with Crippen LogP contribution in [0.2, 0.25) is 5.02 Å². The molecule has 1 spiro atoms. The van der Waals surface area contributed by atoms with Gasteiger partial charge in [0.2, 0.25) is 5.91 Å². The van der Waals surface area contributed by atoms with E-state index in [4.69, 9.17) is 11.6 Å². The molecular weight excluding hydrogens is 456 g/mol. The average Bonchev–Trinajstić information content (AvgIpc) is 2.91. The van der Waals surface area contributed by atoms with Gasteiger partial charge in [-0.2, -0.15) is 0 Å². The van der Waals surface area contributed by atoms with Crippen molar-refractivity contribution in [3.63, 3.8) is 0 Å². The topological polar surface area (TPSA) is 47.6 Å². The number of amides is 1. The number of rotatable bonds is 6. The average molecular weight is 495 g/mol. The predicted octanol–water partition coefficient (Wildman–Crippen LogP) is 3.99. The van der Waals surface area contributed by atoms with Crippen molar-refractivity contribution in [3.8, 4) is 0 Å². The van der Waals surface area contributed by atoms with Crippen LogP contribution in [-0.2, 0) is 23.2 Å². The number of hydrogen-bond donors (Lipinski definition) is 2. The molecule has 2 saturated heterocycles. The SMILES string of the molecule is CN1CCc2ccccc2C12CCN(C(=O)[C@@H](Cc1ccc(Cl)cc1)NC[C@@H]1CCCCN1)CC2. The van der Waals surface area contributed by atoms with E-state index in [1.54, 1.807) is 0 Å². The van der Waals surface area contributed by atoms with Gasteiger partial charge in [-0.3, -0.25) is 9.69 Å². The third-order valence-corrected chi connectivity index (χ3v) is 8.79. The number of fused-ring (bicyclic) bond motifs is 2. The van der Waals surface area contributed by atoms with E-state index in [9.17, 15) is 4.79 Å². The Hall–Kier alpha value is -1.92. The zero-order valence-corrected chi connectivity index (χ0v) is 21.7. The number of carbonyl (C=O) groups excluding carboxylic acids is 1. The van der Waals surface area contributed by atoms with Crippen LogP contribution >= 0.6 is 11.6 Å². The molecule has 3 aliphatic heterocycles. The molecule has 2 atom stereocenters. The molecule has 0 bridgehead atoms. The molecule has 35 heavy (non-hydrogen) atoms. The van der Waals surface area contributed by atoms with E-state index in [1.165, 1.54) is 30.4 Å². The molecule has 3 aliphatic rings. The summed E-state index contributed by atoms with van der Waals surface area (Å²) < 4.78 is 0. The second-order valence-corrected chi connectivity index (χ2v) is 11.1. The smallest absolute Gasteiger partial charge is 0.240 e. The van der Waals surface area contributed by atoms with E-state index in [1.807, 2.05) is 24.3 Å². The quantitative estimate of drug-likeness (QED) is 0.637. The standard InChI is InChI=1S/C29H39ClN4O/c1-33-17-13-23-6-2-3-8-26(23)29(33)14-18-34(19-15-29)28(35)27(20-22-9-11-24(30)12-10-22)32-21-25-7-4-5-16-31-25/h2-3,6,8-12,25,27,31-32H,4-5,7,13-21H2,1H3/t25-,27+/m0/s1. The van der Waals surface area contributed by atoms with Crippen LogP contribution in [-0.4, -0.2) is 67.6 Å². The molecule has 0 aromatic heterocycles. The van der Waals surface area contributed by atoms with Crippen molar-refractivity contribution in [3.05, 3.63) is 70.2 Å². The number of benzene rings is 2. The van der Waals surface area contributed by atoms with Gasteiger partial charge in [0.05, 0.1) is 6.04 Å². The van der Waals surface area contributed by atoms with Gasteiger partial charge in [0.15, 0.2) is 0 Å². The fourth-order valence-electron chi connectivity index (χ4n) is 6.35. The Morgan fingerprint density at radius 1 is 1.11 bits per heavy atom. The van der Waals surface area contributed by atoms with Crippen LogP contribution in [0.15, 0.2) is 48.5 Å².